The van der Waals surface area contributed by atoms with E-state index in [1.54, 1.807) is 0 Å². The van der Waals surface area contributed by atoms with Crippen molar-refractivity contribution in [3.05, 3.63) is 29.8 Å². The molecule has 1 atom stereocenters. The van der Waals surface area contributed by atoms with Crippen molar-refractivity contribution in [3.63, 3.8) is 0 Å². The molecule has 1 heterocycles. The van der Waals surface area contributed by atoms with Crippen molar-refractivity contribution in [1.82, 2.24) is 10.6 Å². The number of hydrogen-bond acceptors (Lipinski definition) is 4. The number of anilines is 1. The minimum absolute atomic E-state index is 0.0186. The third-order valence-electron chi connectivity index (χ3n) is 3.85. The standard InChI is InChI=1S/C17H25N3O2S/c1-12-3-5-14(6-4-12)19-16(21)11-23-13(2)17(22)20-15-7-9-18-10-8-15/h3-6,13,15,18H,7-11H2,1-2H3,(H,19,21)(H,20,22). The Hall–Kier alpha value is -1.53. The molecule has 0 aliphatic carbocycles. The molecule has 3 N–H and O–H groups in total. The van der Waals surface area contributed by atoms with E-state index in [9.17, 15) is 9.59 Å². The number of rotatable bonds is 6. The second-order valence-corrected chi connectivity index (χ2v) is 7.23. The fourth-order valence-electron chi connectivity index (χ4n) is 2.40. The lowest BCUT2D eigenvalue weighted by Gasteiger charge is -2.25. The molecule has 0 aromatic heterocycles. The van der Waals surface area contributed by atoms with Crippen LogP contribution in [0.15, 0.2) is 24.3 Å². The van der Waals surface area contributed by atoms with E-state index in [0.29, 0.717) is 0 Å². The number of benzene rings is 1. The van der Waals surface area contributed by atoms with Gasteiger partial charge in [-0.15, -0.1) is 11.8 Å². The second-order valence-electron chi connectivity index (χ2n) is 5.90. The van der Waals surface area contributed by atoms with Crippen LogP contribution in [-0.4, -0.2) is 41.9 Å². The summed E-state index contributed by atoms with van der Waals surface area (Å²) in [6.45, 7) is 5.75. The maximum atomic E-state index is 12.1. The van der Waals surface area contributed by atoms with Crippen LogP contribution in [-0.2, 0) is 9.59 Å². The largest absolute Gasteiger partial charge is 0.352 e. The van der Waals surface area contributed by atoms with E-state index in [1.165, 1.54) is 11.8 Å². The Kier molecular flexibility index (Phi) is 6.92. The average Bonchev–Trinajstić information content (AvgIpc) is 2.55. The first kappa shape index (κ1) is 17.8. The van der Waals surface area contributed by atoms with Gasteiger partial charge in [0.15, 0.2) is 0 Å². The number of carbonyl (C=O) groups is 2. The van der Waals surface area contributed by atoms with Gasteiger partial charge in [0.1, 0.15) is 0 Å². The van der Waals surface area contributed by atoms with E-state index >= 15 is 0 Å². The van der Waals surface area contributed by atoms with Gasteiger partial charge in [-0.05, 0) is 51.9 Å². The molecule has 1 unspecified atom stereocenters. The summed E-state index contributed by atoms with van der Waals surface area (Å²) in [5.41, 5.74) is 1.94. The fourth-order valence-corrected chi connectivity index (χ4v) is 3.09. The van der Waals surface area contributed by atoms with Gasteiger partial charge in [-0.3, -0.25) is 9.59 Å². The molecule has 1 aliphatic rings. The Balaban J connectivity index is 1.70. The van der Waals surface area contributed by atoms with Crippen molar-refractivity contribution in [3.8, 4) is 0 Å². The molecule has 2 amide bonds. The van der Waals surface area contributed by atoms with Crippen molar-refractivity contribution >= 4 is 29.3 Å². The lowest BCUT2D eigenvalue weighted by atomic mass is 10.1. The molecular weight excluding hydrogens is 310 g/mol. The zero-order valence-corrected chi connectivity index (χ0v) is 14.5. The van der Waals surface area contributed by atoms with Gasteiger partial charge in [-0.1, -0.05) is 17.7 Å². The number of amides is 2. The van der Waals surface area contributed by atoms with Crippen LogP contribution in [0, 0.1) is 6.92 Å². The molecule has 126 valence electrons. The summed E-state index contributed by atoms with van der Waals surface area (Å²) in [5, 5.41) is 8.96. The quantitative estimate of drug-likeness (QED) is 0.743. The second kappa shape index (κ2) is 8.93. The monoisotopic (exact) mass is 335 g/mol. The van der Waals surface area contributed by atoms with Gasteiger partial charge in [-0.2, -0.15) is 0 Å². The molecule has 0 saturated carbocycles. The molecule has 1 aromatic rings. The number of piperidine rings is 1. The maximum absolute atomic E-state index is 12.1. The molecule has 6 heteroatoms. The first-order valence-corrected chi connectivity index (χ1v) is 9.08. The van der Waals surface area contributed by atoms with Crippen LogP contribution in [0.25, 0.3) is 0 Å². The normalized spacial score (nSPS) is 16.6. The van der Waals surface area contributed by atoms with E-state index in [2.05, 4.69) is 16.0 Å². The zero-order chi connectivity index (χ0) is 16.7. The lowest BCUT2D eigenvalue weighted by molar-refractivity contribution is -0.121. The van der Waals surface area contributed by atoms with Gasteiger partial charge in [0.25, 0.3) is 0 Å². The highest BCUT2D eigenvalue weighted by Crippen LogP contribution is 2.14. The molecule has 0 spiro atoms. The molecule has 0 radical (unpaired) electrons. The Labute approximate surface area is 142 Å². The molecule has 1 fully saturated rings. The number of thioether (sulfide) groups is 1. The van der Waals surface area contributed by atoms with Gasteiger partial charge in [0.05, 0.1) is 11.0 Å². The van der Waals surface area contributed by atoms with Gasteiger partial charge in [-0.25, -0.2) is 0 Å². The van der Waals surface area contributed by atoms with Gasteiger partial charge < -0.3 is 16.0 Å². The Bertz CT molecular complexity index is 527. The topological polar surface area (TPSA) is 70.2 Å². The number of hydrogen-bond donors (Lipinski definition) is 3. The molecule has 2 rings (SSSR count). The van der Waals surface area contributed by atoms with Gasteiger partial charge in [0.2, 0.25) is 11.8 Å². The zero-order valence-electron chi connectivity index (χ0n) is 13.7. The Morgan fingerprint density at radius 3 is 2.57 bits per heavy atom. The van der Waals surface area contributed by atoms with Crippen molar-refractivity contribution < 1.29 is 9.59 Å². The smallest absolute Gasteiger partial charge is 0.234 e. The summed E-state index contributed by atoms with van der Waals surface area (Å²) in [4.78, 5) is 24.1. The number of nitrogens with one attached hydrogen (secondary N) is 3. The van der Waals surface area contributed by atoms with Gasteiger partial charge >= 0.3 is 0 Å². The summed E-state index contributed by atoms with van der Waals surface area (Å²) < 4.78 is 0. The first-order chi connectivity index (χ1) is 11.0. The van der Waals surface area contributed by atoms with Crippen molar-refractivity contribution in [1.29, 1.82) is 0 Å². The van der Waals surface area contributed by atoms with Crippen LogP contribution in [0.1, 0.15) is 25.3 Å². The highest BCUT2D eigenvalue weighted by atomic mass is 32.2. The third kappa shape index (κ3) is 6.23. The van der Waals surface area contributed by atoms with Crippen molar-refractivity contribution in [2.24, 2.45) is 0 Å². The lowest BCUT2D eigenvalue weighted by Crippen LogP contribution is -2.45. The molecular formula is C17H25N3O2S. The van der Waals surface area contributed by atoms with Crippen LogP contribution < -0.4 is 16.0 Å². The van der Waals surface area contributed by atoms with Crippen LogP contribution in [0.2, 0.25) is 0 Å². The number of aryl methyl sites for hydroxylation is 1. The highest BCUT2D eigenvalue weighted by molar-refractivity contribution is 8.01. The molecule has 1 saturated heterocycles. The van der Waals surface area contributed by atoms with Crippen LogP contribution in [0.3, 0.4) is 0 Å². The minimum Gasteiger partial charge on any atom is -0.352 e. The van der Waals surface area contributed by atoms with E-state index in [4.69, 9.17) is 0 Å². The SMILES string of the molecule is Cc1ccc(NC(=O)CSC(C)C(=O)NC2CCNCC2)cc1. The third-order valence-corrected chi connectivity index (χ3v) is 5.00. The Morgan fingerprint density at radius 2 is 1.91 bits per heavy atom. The van der Waals surface area contributed by atoms with E-state index < -0.39 is 0 Å². The predicted molar refractivity (Wildman–Crippen MR) is 95.8 cm³/mol. The summed E-state index contributed by atoms with van der Waals surface area (Å²) >= 11 is 1.36. The maximum Gasteiger partial charge on any atom is 0.234 e. The molecule has 23 heavy (non-hydrogen) atoms. The van der Waals surface area contributed by atoms with Crippen LogP contribution in [0.5, 0.6) is 0 Å². The van der Waals surface area contributed by atoms with E-state index in [0.717, 1.165) is 37.2 Å². The van der Waals surface area contributed by atoms with Gasteiger partial charge in [0, 0.05) is 11.7 Å². The molecule has 1 aromatic carbocycles. The summed E-state index contributed by atoms with van der Waals surface area (Å²) in [7, 11) is 0. The fraction of sp³-hybridized carbons (Fsp3) is 0.529. The molecule has 5 nitrogen and oxygen atoms in total. The minimum atomic E-state index is -0.228. The summed E-state index contributed by atoms with van der Waals surface area (Å²) in [5.74, 6) is 0.208. The number of carbonyl (C=O) groups excluding carboxylic acids is 2. The summed E-state index contributed by atoms with van der Waals surface area (Å²) in [6.07, 6.45) is 1.94. The van der Waals surface area contributed by atoms with Crippen molar-refractivity contribution in [2.75, 3.05) is 24.2 Å². The highest BCUT2D eigenvalue weighted by Gasteiger charge is 2.20. The van der Waals surface area contributed by atoms with E-state index in [1.807, 2.05) is 38.1 Å². The summed E-state index contributed by atoms with van der Waals surface area (Å²) in [6, 6.07) is 7.93. The average molecular weight is 335 g/mol. The Morgan fingerprint density at radius 1 is 1.26 bits per heavy atom. The van der Waals surface area contributed by atoms with Crippen LogP contribution >= 0.6 is 11.8 Å². The predicted octanol–water partition coefficient (Wildman–Crippen LogP) is 1.92. The molecule has 1 aliphatic heterocycles. The van der Waals surface area contributed by atoms with Crippen molar-refractivity contribution in [2.45, 2.75) is 38.0 Å². The molecule has 0 bridgehead atoms. The van der Waals surface area contributed by atoms with E-state index in [-0.39, 0.29) is 28.9 Å². The van der Waals surface area contributed by atoms with Crippen LogP contribution in [0.4, 0.5) is 5.69 Å². The first-order valence-electron chi connectivity index (χ1n) is 8.04.